The lowest BCUT2D eigenvalue weighted by molar-refractivity contribution is 0.534. The smallest absolute Gasteiger partial charge is 0.100 e. The molecule has 0 N–H and O–H groups in total. The van der Waals surface area contributed by atoms with Crippen LogP contribution in [0, 0.1) is 6.92 Å². The molecule has 0 unspecified atom stereocenters. The summed E-state index contributed by atoms with van der Waals surface area (Å²) in [6.07, 6.45) is 1.66. The molecule has 0 amide bonds. The maximum absolute atomic E-state index is 4.83. The molecule has 0 aliphatic rings. The molecule has 1 heterocycles. The van der Waals surface area contributed by atoms with Crippen LogP contribution in [0.1, 0.15) is 5.76 Å². The van der Waals surface area contributed by atoms with E-state index in [0.717, 1.165) is 5.76 Å². The second-order valence-electron chi connectivity index (χ2n) is 1.22. The van der Waals surface area contributed by atoms with E-state index in [1.807, 2.05) is 19.1 Å². The van der Waals surface area contributed by atoms with E-state index < -0.39 is 0 Å². The Morgan fingerprint density at radius 2 is 2.12 bits per heavy atom. The van der Waals surface area contributed by atoms with Crippen molar-refractivity contribution in [2.45, 2.75) is 6.92 Å². The van der Waals surface area contributed by atoms with Crippen molar-refractivity contribution in [3.05, 3.63) is 24.2 Å². The van der Waals surface area contributed by atoms with Gasteiger partial charge in [-0.05, 0) is 19.1 Å². The molecule has 0 aromatic carbocycles. The monoisotopic (exact) mass is 148 g/mol. The molecule has 0 saturated heterocycles. The van der Waals surface area contributed by atoms with Crippen LogP contribution in [0.15, 0.2) is 22.8 Å². The Kier molecular flexibility index (Phi) is 5.11. The van der Waals surface area contributed by atoms with Crippen LogP contribution in [-0.4, -0.2) is 0 Å². The van der Waals surface area contributed by atoms with E-state index in [1.165, 1.54) is 0 Å². The molecule has 46 valence electrons. The quantitative estimate of drug-likeness (QED) is 0.425. The van der Waals surface area contributed by atoms with Crippen molar-refractivity contribution in [1.29, 1.82) is 0 Å². The highest BCUT2D eigenvalue weighted by Gasteiger charge is 1.75. The third kappa shape index (κ3) is 3.04. The van der Waals surface area contributed by atoms with Crippen molar-refractivity contribution in [3.8, 4) is 0 Å². The first kappa shape index (κ1) is 7.98. The van der Waals surface area contributed by atoms with Crippen LogP contribution in [0.5, 0.6) is 0 Å². The van der Waals surface area contributed by atoms with E-state index in [2.05, 4.69) is 23.3 Å². The number of furan rings is 1. The zero-order valence-electron chi connectivity index (χ0n) is 4.53. The molecule has 1 aromatic heterocycles. The van der Waals surface area contributed by atoms with E-state index in [0.29, 0.717) is 0 Å². The minimum absolute atomic E-state index is 0.968. The fourth-order valence-electron chi connectivity index (χ4n) is 0.361. The molecule has 0 fully saturated rings. The van der Waals surface area contributed by atoms with Gasteiger partial charge < -0.3 is 4.42 Å². The number of hydrogen-bond acceptors (Lipinski definition) is 3. The van der Waals surface area contributed by atoms with Gasteiger partial charge in [0.25, 0.3) is 0 Å². The second kappa shape index (κ2) is 5.12. The molecule has 0 aliphatic carbocycles. The number of thiol groups is 2. The predicted molar refractivity (Wildman–Crippen MR) is 41.4 cm³/mol. The highest BCUT2D eigenvalue weighted by atomic mass is 33.1. The summed E-state index contributed by atoms with van der Waals surface area (Å²) in [5, 5.41) is 0. The zero-order valence-corrected chi connectivity index (χ0v) is 6.32. The highest BCUT2D eigenvalue weighted by Crippen LogP contribution is 1.93. The Labute approximate surface area is 59.3 Å². The minimum atomic E-state index is 0.968. The van der Waals surface area contributed by atoms with Crippen molar-refractivity contribution in [2.75, 3.05) is 0 Å². The Morgan fingerprint density at radius 1 is 1.50 bits per heavy atom. The van der Waals surface area contributed by atoms with E-state index in [1.54, 1.807) is 6.26 Å². The summed E-state index contributed by atoms with van der Waals surface area (Å²) in [6, 6.07) is 3.79. The van der Waals surface area contributed by atoms with Crippen molar-refractivity contribution < 1.29 is 4.42 Å². The van der Waals surface area contributed by atoms with Gasteiger partial charge in [0.15, 0.2) is 0 Å². The van der Waals surface area contributed by atoms with Gasteiger partial charge in [-0.3, -0.25) is 0 Å². The first-order valence-electron chi connectivity index (χ1n) is 2.10. The molecule has 0 bridgehead atoms. The molecule has 0 saturated carbocycles. The lowest BCUT2D eigenvalue weighted by Gasteiger charge is -1.69. The van der Waals surface area contributed by atoms with Gasteiger partial charge in [-0.25, -0.2) is 0 Å². The van der Waals surface area contributed by atoms with Crippen LogP contribution < -0.4 is 0 Å². The molecule has 0 atom stereocenters. The molecule has 1 rings (SSSR count). The molecule has 0 radical (unpaired) electrons. The van der Waals surface area contributed by atoms with Gasteiger partial charge in [-0.1, -0.05) is 0 Å². The van der Waals surface area contributed by atoms with Gasteiger partial charge in [0.05, 0.1) is 6.26 Å². The van der Waals surface area contributed by atoms with Gasteiger partial charge in [-0.15, -0.1) is 23.3 Å². The molecule has 8 heavy (non-hydrogen) atoms. The van der Waals surface area contributed by atoms with Crippen LogP contribution in [0.4, 0.5) is 0 Å². The summed E-state index contributed by atoms with van der Waals surface area (Å²) in [5.41, 5.74) is 0. The van der Waals surface area contributed by atoms with Gasteiger partial charge in [0.1, 0.15) is 5.76 Å². The average molecular weight is 148 g/mol. The van der Waals surface area contributed by atoms with Gasteiger partial charge in [0.2, 0.25) is 0 Å². The van der Waals surface area contributed by atoms with E-state index >= 15 is 0 Å². The summed E-state index contributed by atoms with van der Waals surface area (Å²) in [7, 11) is 0. The average Bonchev–Trinajstić information content (AvgIpc) is 2.24. The molecular weight excluding hydrogens is 140 g/mol. The van der Waals surface area contributed by atoms with Crippen LogP contribution >= 0.6 is 23.3 Å². The van der Waals surface area contributed by atoms with Crippen LogP contribution in [0.25, 0.3) is 0 Å². The van der Waals surface area contributed by atoms with Crippen LogP contribution in [0.3, 0.4) is 0 Å². The topological polar surface area (TPSA) is 13.1 Å². The van der Waals surface area contributed by atoms with Crippen molar-refractivity contribution in [1.82, 2.24) is 0 Å². The van der Waals surface area contributed by atoms with Crippen molar-refractivity contribution in [2.24, 2.45) is 0 Å². The van der Waals surface area contributed by atoms with Gasteiger partial charge >= 0.3 is 0 Å². The fraction of sp³-hybridized carbons (Fsp3) is 0.200. The molecule has 3 heteroatoms. The lowest BCUT2D eigenvalue weighted by atomic mass is 10.5. The predicted octanol–water partition coefficient (Wildman–Crippen LogP) is 2.35. The van der Waals surface area contributed by atoms with Crippen molar-refractivity contribution >= 4 is 23.3 Å². The van der Waals surface area contributed by atoms with E-state index in [-0.39, 0.29) is 0 Å². The third-order valence-electron chi connectivity index (χ3n) is 0.663. The van der Waals surface area contributed by atoms with E-state index in [9.17, 15) is 0 Å². The molecule has 0 spiro atoms. The Bertz CT molecular complexity index is 114. The van der Waals surface area contributed by atoms with Gasteiger partial charge in [0, 0.05) is 0 Å². The Hall–Kier alpha value is -0.0200. The summed E-state index contributed by atoms with van der Waals surface area (Å²) in [6.45, 7) is 1.92. The standard InChI is InChI=1S/C5H6O.H2S2/c1-5-3-2-4-6-5;1-2/h2-4H,1H3;1-2H. The number of rotatable bonds is 0. The molecule has 1 nitrogen and oxygen atoms in total. The maximum atomic E-state index is 4.83. The molecule has 0 aliphatic heterocycles. The minimum Gasteiger partial charge on any atom is -0.470 e. The summed E-state index contributed by atoms with van der Waals surface area (Å²) >= 11 is 6.44. The number of aryl methyl sites for hydroxylation is 1. The van der Waals surface area contributed by atoms with E-state index in [4.69, 9.17) is 4.42 Å². The van der Waals surface area contributed by atoms with Crippen LogP contribution in [-0.2, 0) is 0 Å². The second-order valence-corrected chi connectivity index (χ2v) is 1.22. The Morgan fingerprint density at radius 3 is 2.25 bits per heavy atom. The fourth-order valence-corrected chi connectivity index (χ4v) is 0.361. The maximum Gasteiger partial charge on any atom is 0.100 e. The zero-order chi connectivity index (χ0) is 6.41. The first-order valence-corrected chi connectivity index (χ1v) is 3.70. The highest BCUT2D eigenvalue weighted by molar-refractivity contribution is 8.59. The summed E-state index contributed by atoms with van der Waals surface area (Å²) in [4.78, 5) is 0. The summed E-state index contributed by atoms with van der Waals surface area (Å²) in [5.74, 6) is 0.968. The summed E-state index contributed by atoms with van der Waals surface area (Å²) < 4.78 is 4.83. The first-order chi connectivity index (χ1) is 3.89. The largest absolute Gasteiger partial charge is 0.470 e. The third-order valence-corrected chi connectivity index (χ3v) is 0.663. The molecule has 1 aromatic rings. The normalized spacial score (nSPS) is 7.38. The van der Waals surface area contributed by atoms with Gasteiger partial charge in [-0.2, -0.15) is 0 Å². The SMILES string of the molecule is Cc1ccco1.SS. The van der Waals surface area contributed by atoms with Crippen LogP contribution in [0.2, 0.25) is 0 Å². The number of hydrogen-bond donors (Lipinski definition) is 2. The lowest BCUT2D eigenvalue weighted by Crippen LogP contribution is -1.48. The molecular formula is C5H8OS2. The Balaban J connectivity index is 0.000000222. The van der Waals surface area contributed by atoms with Crippen molar-refractivity contribution in [3.63, 3.8) is 0 Å².